The summed E-state index contributed by atoms with van der Waals surface area (Å²) in [5, 5.41) is 2.91. The topological polar surface area (TPSA) is 42.0 Å². The molecule has 0 atom stereocenters. The van der Waals surface area contributed by atoms with Gasteiger partial charge < -0.3 is 5.32 Å². The second kappa shape index (κ2) is 3.78. The smallest absolute Gasteiger partial charge is 0.227 e. The van der Waals surface area contributed by atoms with Gasteiger partial charge >= 0.3 is 0 Å². The minimum atomic E-state index is 0.146. The molecule has 3 nitrogen and oxygen atoms in total. The van der Waals surface area contributed by atoms with Crippen molar-refractivity contribution in [3.63, 3.8) is 0 Å². The van der Waals surface area contributed by atoms with Crippen LogP contribution in [0.15, 0.2) is 18.5 Å². The Morgan fingerprint density at radius 1 is 1.57 bits per heavy atom. The number of aromatic nitrogens is 1. The van der Waals surface area contributed by atoms with Crippen LogP contribution in [0.2, 0.25) is 0 Å². The molecule has 0 saturated heterocycles. The molecule has 1 aromatic heterocycles. The highest BCUT2D eigenvalue weighted by Crippen LogP contribution is 2.27. The molecule has 0 radical (unpaired) electrons. The van der Waals surface area contributed by atoms with Gasteiger partial charge in [0.2, 0.25) is 5.91 Å². The first kappa shape index (κ1) is 9.19. The van der Waals surface area contributed by atoms with Crippen molar-refractivity contribution in [2.24, 2.45) is 5.92 Å². The van der Waals surface area contributed by atoms with Gasteiger partial charge in [0.15, 0.2) is 0 Å². The molecule has 1 N–H and O–H groups in total. The molecule has 0 aliphatic heterocycles. The van der Waals surface area contributed by atoms with E-state index in [9.17, 15) is 4.79 Å². The van der Waals surface area contributed by atoms with Crippen LogP contribution in [0.1, 0.15) is 24.8 Å². The molecule has 1 heterocycles. The van der Waals surface area contributed by atoms with E-state index >= 15 is 0 Å². The van der Waals surface area contributed by atoms with Gasteiger partial charge in [0, 0.05) is 12.1 Å². The second-order valence-corrected chi connectivity index (χ2v) is 3.81. The number of nitrogens with one attached hydrogen (secondary N) is 1. The molecule has 2 rings (SSSR count). The maximum Gasteiger partial charge on any atom is 0.227 e. The average molecular weight is 190 g/mol. The van der Waals surface area contributed by atoms with Gasteiger partial charge in [0.25, 0.3) is 0 Å². The number of pyridine rings is 1. The molecule has 3 heteroatoms. The van der Waals surface area contributed by atoms with Gasteiger partial charge in [-0.3, -0.25) is 9.78 Å². The summed E-state index contributed by atoms with van der Waals surface area (Å²) >= 11 is 0. The number of rotatable bonds is 2. The summed E-state index contributed by atoms with van der Waals surface area (Å²) < 4.78 is 0. The molecule has 1 aromatic rings. The highest BCUT2D eigenvalue weighted by molar-refractivity contribution is 5.93. The number of carbonyl (C=O) groups excluding carboxylic acids is 1. The van der Waals surface area contributed by atoms with Gasteiger partial charge in [-0.25, -0.2) is 0 Å². The van der Waals surface area contributed by atoms with Crippen molar-refractivity contribution in [1.29, 1.82) is 0 Å². The van der Waals surface area contributed by atoms with Crippen LogP contribution in [0.3, 0.4) is 0 Å². The van der Waals surface area contributed by atoms with E-state index < -0.39 is 0 Å². The molecule has 1 fully saturated rings. The molecular formula is C11H14N2O. The summed E-state index contributed by atoms with van der Waals surface area (Å²) in [6, 6.07) is 1.90. The number of amides is 1. The highest BCUT2D eigenvalue weighted by Gasteiger charge is 2.25. The molecular weight excluding hydrogens is 176 g/mol. The van der Waals surface area contributed by atoms with Crippen LogP contribution in [-0.4, -0.2) is 10.9 Å². The third-order valence-corrected chi connectivity index (χ3v) is 2.77. The molecule has 14 heavy (non-hydrogen) atoms. The molecule has 0 unspecified atom stereocenters. The number of anilines is 1. The van der Waals surface area contributed by atoms with Crippen molar-refractivity contribution in [2.75, 3.05) is 5.32 Å². The fourth-order valence-electron chi connectivity index (χ4n) is 1.50. The van der Waals surface area contributed by atoms with E-state index in [4.69, 9.17) is 0 Å². The second-order valence-electron chi connectivity index (χ2n) is 3.81. The van der Waals surface area contributed by atoms with Crippen LogP contribution in [0, 0.1) is 12.8 Å². The zero-order valence-electron chi connectivity index (χ0n) is 8.29. The quantitative estimate of drug-likeness (QED) is 0.776. The third kappa shape index (κ3) is 1.76. The van der Waals surface area contributed by atoms with E-state index in [1.807, 2.05) is 13.0 Å². The van der Waals surface area contributed by atoms with Crippen LogP contribution in [0.25, 0.3) is 0 Å². The van der Waals surface area contributed by atoms with Crippen molar-refractivity contribution in [3.8, 4) is 0 Å². The zero-order chi connectivity index (χ0) is 9.97. The molecule has 1 aliphatic carbocycles. The lowest BCUT2D eigenvalue weighted by Gasteiger charge is -2.24. The summed E-state index contributed by atoms with van der Waals surface area (Å²) in [4.78, 5) is 15.6. The van der Waals surface area contributed by atoms with E-state index in [2.05, 4.69) is 10.3 Å². The molecule has 0 bridgehead atoms. The summed E-state index contributed by atoms with van der Waals surface area (Å²) in [7, 11) is 0. The summed E-state index contributed by atoms with van der Waals surface area (Å²) in [5.74, 6) is 0.377. The predicted octanol–water partition coefficient (Wildman–Crippen LogP) is 2.13. The van der Waals surface area contributed by atoms with Gasteiger partial charge in [-0.15, -0.1) is 0 Å². The van der Waals surface area contributed by atoms with Crippen molar-refractivity contribution in [2.45, 2.75) is 26.2 Å². The van der Waals surface area contributed by atoms with Crippen LogP contribution < -0.4 is 5.32 Å². The van der Waals surface area contributed by atoms with E-state index in [1.54, 1.807) is 12.4 Å². The highest BCUT2D eigenvalue weighted by atomic mass is 16.1. The van der Waals surface area contributed by atoms with E-state index in [0.29, 0.717) is 0 Å². The number of carbonyl (C=O) groups is 1. The lowest BCUT2D eigenvalue weighted by molar-refractivity contribution is -0.122. The van der Waals surface area contributed by atoms with Crippen LogP contribution >= 0.6 is 0 Å². The van der Waals surface area contributed by atoms with Crippen molar-refractivity contribution in [3.05, 3.63) is 24.0 Å². The standard InChI is InChI=1S/C11H14N2O/c1-8-5-6-12-7-10(8)13-11(14)9-3-2-4-9/h5-7,9H,2-4H2,1H3,(H,13,14). The van der Waals surface area contributed by atoms with E-state index in [-0.39, 0.29) is 11.8 Å². The van der Waals surface area contributed by atoms with Gasteiger partial charge in [-0.05, 0) is 31.4 Å². The Labute approximate surface area is 83.5 Å². The van der Waals surface area contributed by atoms with Crippen LogP contribution in [0.5, 0.6) is 0 Å². The number of hydrogen-bond acceptors (Lipinski definition) is 2. The molecule has 0 spiro atoms. The Bertz CT molecular complexity index is 345. The first-order valence-electron chi connectivity index (χ1n) is 4.99. The molecule has 74 valence electrons. The number of aryl methyl sites for hydroxylation is 1. The van der Waals surface area contributed by atoms with Crippen LogP contribution in [-0.2, 0) is 4.79 Å². The normalized spacial score (nSPS) is 16.1. The predicted molar refractivity (Wildman–Crippen MR) is 54.9 cm³/mol. The average Bonchev–Trinajstić information content (AvgIpc) is 2.05. The maximum atomic E-state index is 11.6. The lowest BCUT2D eigenvalue weighted by atomic mass is 9.85. The Hall–Kier alpha value is -1.38. The van der Waals surface area contributed by atoms with E-state index in [1.165, 1.54) is 6.42 Å². The molecule has 1 saturated carbocycles. The minimum Gasteiger partial charge on any atom is -0.324 e. The van der Waals surface area contributed by atoms with Gasteiger partial charge in [0.1, 0.15) is 0 Å². The zero-order valence-corrected chi connectivity index (χ0v) is 8.29. The Balaban J connectivity index is 2.03. The first-order valence-corrected chi connectivity index (χ1v) is 4.99. The minimum absolute atomic E-state index is 0.146. The summed E-state index contributed by atoms with van der Waals surface area (Å²) in [6.45, 7) is 1.97. The van der Waals surface area contributed by atoms with Gasteiger partial charge in [-0.1, -0.05) is 6.42 Å². The monoisotopic (exact) mass is 190 g/mol. The lowest BCUT2D eigenvalue weighted by Crippen LogP contribution is -2.28. The van der Waals surface area contributed by atoms with E-state index in [0.717, 1.165) is 24.1 Å². The Kier molecular flexibility index (Phi) is 2.48. The molecule has 0 aromatic carbocycles. The van der Waals surface area contributed by atoms with Crippen molar-refractivity contribution in [1.82, 2.24) is 4.98 Å². The number of nitrogens with zero attached hydrogens (tertiary/aromatic N) is 1. The SMILES string of the molecule is Cc1ccncc1NC(=O)C1CCC1. The van der Waals surface area contributed by atoms with Gasteiger partial charge in [-0.2, -0.15) is 0 Å². The fourth-order valence-corrected chi connectivity index (χ4v) is 1.50. The number of hydrogen-bond donors (Lipinski definition) is 1. The van der Waals surface area contributed by atoms with Crippen LogP contribution in [0.4, 0.5) is 5.69 Å². The van der Waals surface area contributed by atoms with Crippen molar-refractivity contribution >= 4 is 11.6 Å². The largest absolute Gasteiger partial charge is 0.324 e. The van der Waals surface area contributed by atoms with Gasteiger partial charge in [0.05, 0.1) is 11.9 Å². The van der Waals surface area contributed by atoms with Crippen molar-refractivity contribution < 1.29 is 4.79 Å². The molecule has 1 amide bonds. The summed E-state index contributed by atoms with van der Waals surface area (Å²) in [5.41, 5.74) is 1.90. The maximum absolute atomic E-state index is 11.6. The fraction of sp³-hybridized carbons (Fsp3) is 0.455. The third-order valence-electron chi connectivity index (χ3n) is 2.77. The summed E-state index contributed by atoms with van der Waals surface area (Å²) in [6.07, 6.45) is 6.68. The molecule has 1 aliphatic rings. The first-order chi connectivity index (χ1) is 6.77. The Morgan fingerprint density at radius 2 is 2.36 bits per heavy atom. The Morgan fingerprint density at radius 3 is 2.93 bits per heavy atom.